The minimum atomic E-state index is 0.570. The molecule has 1 aromatic heterocycles. The first-order valence-corrected chi connectivity index (χ1v) is 4.73. The van der Waals surface area contributed by atoms with Gasteiger partial charge in [-0.05, 0) is 12.3 Å². The van der Waals surface area contributed by atoms with Gasteiger partial charge in [-0.25, -0.2) is 0 Å². The van der Waals surface area contributed by atoms with Crippen molar-refractivity contribution in [3.63, 3.8) is 0 Å². The Bertz CT molecular complexity index is 275. The zero-order valence-corrected chi connectivity index (χ0v) is 9.20. The molecule has 3 heteroatoms. The van der Waals surface area contributed by atoms with Crippen molar-refractivity contribution in [3.05, 3.63) is 18.0 Å². The summed E-state index contributed by atoms with van der Waals surface area (Å²) in [5.74, 6) is 2.18. The van der Waals surface area contributed by atoms with Crippen molar-refractivity contribution >= 4 is 0 Å². The molecule has 0 aliphatic heterocycles. The third-order valence-corrected chi connectivity index (χ3v) is 2.03. The van der Waals surface area contributed by atoms with Crippen molar-refractivity contribution < 1.29 is 9.47 Å². The Morgan fingerprint density at radius 3 is 2.00 bits per heavy atom. The van der Waals surface area contributed by atoms with Crippen LogP contribution in [-0.2, 0) is 6.42 Å². The second-order valence-corrected chi connectivity index (χ2v) is 3.62. The smallest absolute Gasteiger partial charge is 0.144 e. The number of hydrogen-bond acceptors (Lipinski definition) is 3. The Morgan fingerprint density at radius 2 is 1.64 bits per heavy atom. The van der Waals surface area contributed by atoms with Crippen LogP contribution < -0.4 is 9.47 Å². The van der Waals surface area contributed by atoms with Gasteiger partial charge in [0.25, 0.3) is 0 Å². The predicted octanol–water partition coefficient (Wildman–Crippen LogP) is 2.30. The fourth-order valence-electron chi connectivity index (χ4n) is 1.41. The van der Waals surface area contributed by atoms with Crippen LogP contribution in [0.5, 0.6) is 11.5 Å². The molecule has 0 saturated carbocycles. The zero-order chi connectivity index (χ0) is 10.6. The van der Waals surface area contributed by atoms with Crippen LogP contribution >= 0.6 is 0 Å². The van der Waals surface area contributed by atoms with Crippen molar-refractivity contribution in [2.75, 3.05) is 14.2 Å². The monoisotopic (exact) mass is 195 g/mol. The van der Waals surface area contributed by atoms with Gasteiger partial charge in [0, 0.05) is 5.56 Å². The maximum Gasteiger partial charge on any atom is 0.144 e. The van der Waals surface area contributed by atoms with Crippen LogP contribution in [-0.4, -0.2) is 19.2 Å². The topological polar surface area (TPSA) is 31.4 Å². The summed E-state index contributed by atoms with van der Waals surface area (Å²) < 4.78 is 10.5. The molecule has 0 spiro atoms. The molecule has 0 aliphatic rings. The Morgan fingerprint density at radius 1 is 1.14 bits per heavy atom. The summed E-state index contributed by atoms with van der Waals surface area (Å²) in [6.07, 6.45) is 4.38. The molecular formula is C11H17NO2. The number of aromatic nitrogens is 1. The molecule has 0 radical (unpaired) electrons. The van der Waals surface area contributed by atoms with E-state index in [2.05, 4.69) is 18.8 Å². The second-order valence-electron chi connectivity index (χ2n) is 3.62. The minimum absolute atomic E-state index is 0.570. The lowest BCUT2D eigenvalue weighted by Crippen LogP contribution is -2.01. The molecule has 0 saturated heterocycles. The molecule has 0 bridgehead atoms. The van der Waals surface area contributed by atoms with E-state index in [1.165, 1.54) is 0 Å². The average molecular weight is 195 g/mol. The fourth-order valence-corrected chi connectivity index (χ4v) is 1.41. The van der Waals surface area contributed by atoms with Gasteiger partial charge < -0.3 is 9.47 Å². The van der Waals surface area contributed by atoms with E-state index < -0.39 is 0 Å². The Kier molecular flexibility index (Phi) is 3.74. The van der Waals surface area contributed by atoms with Crippen LogP contribution in [0, 0.1) is 5.92 Å². The molecule has 0 aromatic carbocycles. The van der Waals surface area contributed by atoms with Gasteiger partial charge in [0.05, 0.1) is 26.6 Å². The van der Waals surface area contributed by atoms with E-state index in [4.69, 9.17) is 9.47 Å². The van der Waals surface area contributed by atoms with Crippen LogP contribution in [0.15, 0.2) is 12.4 Å². The highest BCUT2D eigenvalue weighted by Crippen LogP contribution is 2.28. The lowest BCUT2D eigenvalue weighted by atomic mass is 10.0. The Balaban J connectivity index is 3.05. The van der Waals surface area contributed by atoms with Crippen LogP contribution in [0.2, 0.25) is 0 Å². The predicted molar refractivity (Wildman–Crippen MR) is 55.9 cm³/mol. The molecule has 0 fully saturated rings. The first kappa shape index (κ1) is 10.8. The number of ether oxygens (including phenoxy) is 2. The Hall–Kier alpha value is -1.25. The van der Waals surface area contributed by atoms with Gasteiger partial charge in [-0.1, -0.05) is 13.8 Å². The number of methoxy groups -OCH3 is 2. The maximum atomic E-state index is 5.25. The van der Waals surface area contributed by atoms with Gasteiger partial charge in [-0.15, -0.1) is 0 Å². The lowest BCUT2D eigenvalue weighted by Gasteiger charge is -2.13. The standard InChI is InChI=1S/C11H17NO2/c1-8(2)5-9-10(13-3)6-12-7-11(9)14-4/h6-8H,5H2,1-4H3. The van der Waals surface area contributed by atoms with E-state index in [9.17, 15) is 0 Å². The van der Waals surface area contributed by atoms with Crippen molar-refractivity contribution in [2.24, 2.45) is 5.92 Å². The molecule has 0 atom stereocenters. The van der Waals surface area contributed by atoms with E-state index in [0.29, 0.717) is 5.92 Å². The molecule has 3 nitrogen and oxygen atoms in total. The summed E-state index contributed by atoms with van der Waals surface area (Å²) in [7, 11) is 3.31. The number of hydrogen-bond donors (Lipinski definition) is 0. The average Bonchev–Trinajstić information content (AvgIpc) is 2.17. The maximum absolute atomic E-state index is 5.25. The summed E-state index contributed by atoms with van der Waals surface area (Å²) in [6, 6.07) is 0. The summed E-state index contributed by atoms with van der Waals surface area (Å²) in [4.78, 5) is 4.04. The first-order chi connectivity index (χ1) is 6.69. The molecule has 14 heavy (non-hydrogen) atoms. The van der Waals surface area contributed by atoms with E-state index in [1.54, 1.807) is 26.6 Å². The molecule has 0 aliphatic carbocycles. The van der Waals surface area contributed by atoms with Gasteiger partial charge >= 0.3 is 0 Å². The number of nitrogens with zero attached hydrogens (tertiary/aromatic N) is 1. The van der Waals surface area contributed by atoms with Gasteiger partial charge in [0.15, 0.2) is 0 Å². The number of rotatable bonds is 4. The SMILES string of the molecule is COc1cncc(OC)c1CC(C)C. The largest absolute Gasteiger partial charge is 0.495 e. The first-order valence-electron chi connectivity index (χ1n) is 4.73. The van der Waals surface area contributed by atoms with Crippen LogP contribution in [0.4, 0.5) is 0 Å². The normalized spacial score (nSPS) is 10.4. The molecule has 0 amide bonds. The van der Waals surface area contributed by atoms with Crippen molar-refractivity contribution in [1.29, 1.82) is 0 Å². The molecule has 0 unspecified atom stereocenters. The van der Waals surface area contributed by atoms with Gasteiger partial charge in [0.2, 0.25) is 0 Å². The molecular weight excluding hydrogens is 178 g/mol. The Labute approximate surface area is 85.1 Å². The summed E-state index contributed by atoms with van der Waals surface area (Å²) in [6.45, 7) is 4.33. The highest BCUT2D eigenvalue weighted by Gasteiger charge is 2.11. The van der Waals surface area contributed by atoms with Crippen LogP contribution in [0.25, 0.3) is 0 Å². The molecule has 1 heterocycles. The fraction of sp³-hybridized carbons (Fsp3) is 0.545. The van der Waals surface area contributed by atoms with E-state index in [0.717, 1.165) is 23.5 Å². The van der Waals surface area contributed by atoms with Gasteiger partial charge in [0.1, 0.15) is 11.5 Å². The highest BCUT2D eigenvalue weighted by atomic mass is 16.5. The summed E-state index contributed by atoms with van der Waals surface area (Å²) >= 11 is 0. The lowest BCUT2D eigenvalue weighted by molar-refractivity contribution is 0.377. The third-order valence-electron chi connectivity index (χ3n) is 2.03. The van der Waals surface area contributed by atoms with Crippen LogP contribution in [0.3, 0.4) is 0 Å². The summed E-state index contributed by atoms with van der Waals surface area (Å²) in [5.41, 5.74) is 1.10. The highest BCUT2D eigenvalue weighted by molar-refractivity contribution is 5.41. The zero-order valence-electron chi connectivity index (χ0n) is 9.20. The van der Waals surface area contributed by atoms with Crippen LogP contribution in [0.1, 0.15) is 19.4 Å². The van der Waals surface area contributed by atoms with Crippen molar-refractivity contribution in [3.8, 4) is 11.5 Å². The van der Waals surface area contributed by atoms with E-state index in [1.807, 2.05) is 0 Å². The van der Waals surface area contributed by atoms with Crippen molar-refractivity contribution in [1.82, 2.24) is 4.98 Å². The van der Waals surface area contributed by atoms with Crippen molar-refractivity contribution in [2.45, 2.75) is 20.3 Å². The third kappa shape index (κ3) is 2.37. The van der Waals surface area contributed by atoms with E-state index >= 15 is 0 Å². The minimum Gasteiger partial charge on any atom is -0.495 e. The summed E-state index contributed by atoms with van der Waals surface area (Å²) in [5, 5.41) is 0. The van der Waals surface area contributed by atoms with Gasteiger partial charge in [-0.3, -0.25) is 4.98 Å². The quantitative estimate of drug-likeness (QED) is 0.738. The second kappa shape index (κ2) is 4.84. The molecule has 0 N–H and O–H groups in total. The molecule has 1 aromatic rings. The molecule has 1 rings (SSSR count). The molecule has 78 valence electrons. The number of pyridine rings is 1. The van der Waals surface area contributed by atoms with E-state index in [-0.39, 0.29) is 0 Å². The van der Waals surface area contributed by atoms with Gasteiger partial charge in [-0.2, -0.15) is 0 Å².